The minimum Gasteiger partial charge on any atom is -0.546 e. The van der Waals surface area contributed by atoms with Gasteiger partial charge in [0.1, 0.15) is 6.10 Å². The second-order valence-corrected chi connectivity index (χ2v) is 18.8. The van der Waals surface area contributed by atoms with Crippen LogP contribution in [0.25, 0.3) is 0 Å². The Bertz CT molecular complexity index is 833. The number of carbonyl (C=O) groups excluding carboxylic acids is 1. The maximum atomic E-state index is 11.7. The van der Waals surface area contributed by atoms with Gasteiger partial charge in [0.25, 0.3) is 8.32 Å². The standard InChI is InChI=1S/C30H50O3Si/c1-19(2)34(20(3)4,21(5)6)33-24-14-16-29(8)23(18-24)10-11-25-26-12-13-28(32-22(7)31)30(26,9)17-15-27(25)29/h10,18-21,25-28H,11-17H2,1-9H3/t25-,26-,27-,28-,29-,30-/m0/s1. The highest BCUT2D eigenvalue weighted by Gasteiger charge is 2.59. The Balaban J connectivity index is 1.60. The van der Waals surface area contributed by atoms with Gasteiger partial charge >= 0.3 is 5.97 Å². The Morgan fingerprint density at radius 2 is 1.62 bits per heavy atom. The van der Waals surface area contributed by atoms with Gasteiger partial charge < -0.3 is 9.16 Å². The van der Waals surface area contributed by atoms with Crippen molar-refractivity contribution >= 4 is 14.3 Å². The third-order valence-electron chi connectivity index (χ3n) is 11.0. The summed E-state index contributed by atoms with van der Waals surface area (Å²) in [6, 6.07) is 0. The highest BCUT2D eigenvalue weighted by Crippen LogP contribution is 2.65. The van der Waals surface area contributed by atoms with Gasteiger partial charge in [-0.2, -0.15) is 0 Å². The van der Waals surface area contributed by atoms with E-state index in [1.165, 1.54) is 37.9 Å². The zero-order chi connectivity index (χ0) is 25.1. The molecule has 0 heterocycles. The quantitative estimate of drug-likeness (QED) is 0.278. The third-order valence-corrected chi connectivity index (χ3v) is 17.0. The van der Waals surface area contributed by atoms with E-state index in [9.17, 15) is 4.79 Å². The summed E-state index contributed by atoms with van der Waals surface area (Å²) in [5.74, 6) is 3.29. The van der Waals surface area contributed by atoms with E-state index in [-0.39, 0.29) is 22.9 Å². The third kappa shape index (κ3) is 3.94. The van der Waals surface area contributed by atoms with E-state index in [1.54, 1.807) is 12.5 Å². The molecule has 0 unspecified atom stereocenters. The molecule has 0 aliphatic heterocycles. The van der Waals surface area contributed by atoms with Crippen LogP contribution >= 0.6 is 0 Å². The smallest absolute Gasteiger partial charge is 0.302 e. The lowest BCUT2D eigenvalue weighted by Crippen LogP contribution is -2.51. The predicted molar refractivity (Wildman–Crippen MR) is 143 cm³/mol. The van der Waals surface area contributed by atoms with Gasteiger partial charge in [-0.3, -0.25) is 4.79 Å². The van der Waals surface area contributed by atoms with Crippen LogP contribution in [0.2, 0.25) is 16.6 Å². The molecule has 4 rings (SSSR count). The molecule has 4 heteroatoms. The van der Waals surface area contributed by atoms with Crippen LogP contribution in [0.1, 0.15) is 107 Å². The van der Waals surface area contributed by atoms with E-state index in [4.69, 9.17) is 9.16 Å². The number of esters is 1. The number of ether oxygens (including phenoxy) is 1. The first-order chi connectivity index (χ1) is 15.9. The summed E-state index contributed by atoms with van der Waals surface area (Å²) >= 11 is 0. The number of fused-ring (bicyclic) bond motifs is 5. The van der Waals surface area contributed by atoms with Crippen LogP contribution in [0.3, 0.4) is 0 Å². The summed E-state index contributed by atoms with van der Waals surface area (Å²) in [4.78, 5) is 11.7. The topological polar surface area (TPSA) is 35.5 Å². The SMILES string of the molecule is CC(=O)O[C@H]1CC[C@H]2[C@@H]3CC=C4C=C(O[Si](C(C)C)(C(C)C)C(C)C)CC[C@]4(C)[C@H]3CC[C@]12C. The summed E-state index contributed by atoms with van der Waals surface area (Å²) in [7, 11) is -1.92. The van der Waals surface area contributed by atoms with Crippen molar-refractivity contribution in [1.82, 2.24) is 0 Å². The molecule has 192 valence electrons. The maximum absolute atomic E-state index is 11.7. The van der Waals surface area contributed by atoms with E-state index in [2.05, 4.69) is 67.5 Å². The number of carbonyl (C=O) groups is 1. The van der Waals surface area contributed by atoms with Gasteiger partial charge in [0.2, 0.25) is 0 Å². The largest absolute Gasteiger partial charge is 0.546 e. The number of hydrogen-bond donors (Lipinski definition) is 0. The zero-order valence-corrected chi connectivity index (χ0v) is 24.4. The number of rotatable bonds is 6. The molecule has 0 aromatic carbocycles. The van der Waals surface area contributed by atoms with Crippen molar-refractivity contribution in [2.75, 3.05) is 0 Å². The Labute approximate surface area is 210 Å². The normalized spacial score (nSPS) is 37.6. The van der Waals surface area contributed by atoms with E-state index in [0.717, 1.165) is 24.7 Å². The first-order valence-electron chi connectivity index (χ1n) is 14.1. The second kappa shape index (κ2) is 9.12. The van der Waals surface area contributed by atoms with Gasteiger partial charge in [-0.1, -0.05) is 61.5 Å². The number of allylic oxidation sites excluding steroid dienone is 4. The Kier molecular flexibility index (Phi) is 6.99. The molecule has 0 aromatic rings. The van der Waals surface area contributed by atoms with Crippen LogP contribution in [0.4, 0.5) is 0 Å². The van der Waals surface area contributed by atoms with Crippen molar-refractivity contribution in [2.45, 2.75) is 130 Å². The highest BCUT2D eigenvalue weighted by molar-refractivity contribution is 6.77. The average Bonchev–Trinajstić information content (AvgIpc) is 3.07. The molecule has 3 nitrogen and oxygen atoms in total. The molecule has 6 atom stereocenters. The van der Waals surface area contributed by atoms with Crippen LogP contribution < -0.4 is 0 Å². The molecule has 34 heavy (non-hydrogen) atoms. The van der Waals surface area contributed by atoms with Crippen LogP contribution in [-0.4, -0.2) is 20.4 Å². The van der Waals surface area contributed by atoms with Crippen molar-refractivity contribution in [3.8, 4) is 0 Å². The van der Waals surface area contributed by atoms with Crippen LogP contribution in [0, 0.1) is 28.6 Å². The van der Waals surface area contributed by atoms with Gasteiger partial charge in [0.05, 0.1) is 5.76 Å². The Morgan fingerprint density at radius 1 is 0.971 bits per heavy atom. The van der Waals surface area contributed by atoms with E-state index in [0.29, 0.717) is 22.5 Å². The van der Waals surface area contributed by atoms with E-state index in [1.807, 2.05) is 0 Å². The van der Waals surface area contributed by atoms with Gasteiger partial charge in [0.15, 0.2) is 0 Å². The molecule has 4 aliphatic rings. The molecule has 4 aliphatic carbocycles. The first-order valence-corrected chi connectivity index (χ1v) is 16.3. The molecule has 2 saturated carbocycles. The molecular formula is C30H50O3Si. The van der Waals surface area contributed by atoms with Crippen molar-refractivity contribution in [2.24, 2.45) is 28.6 Å². The molecule has 0 amide bonds. The van der Waals surface area contributed by atoms with Crippen molar-refractivity contribution in [3.05, 3.63) is 23.5 Å². The van der Waals surface area contributed by atoms with Crippen molar-refractivity contribution in [3.63, 3.8) is 0 Å². The van der Waals surface area contributed by atoms with E-state index < -0.39 is 8.32 Å². The fraction of sp³-hybridized carbons (Fsp3) is 0.833. The van der Waals surface area contributed by atoms with Gasteiger partial charge in [0, 0.05) is 18.8 Å². The fourth-order valence-electron chi connectivity index (χ4n) is 9.31. The molecule has 0 saturated heterocycles. The minimum absolute atomic E-state index is 0.111. The molecular weight excluding hydrogens is 436 g/mol. The maximum Gasteiger partial charge on any atom is 0.302 e. The lowest BCUT2D eigenvalue weighted by atomic mass is 9.48. The van der Waals surface area contributed by atoms with E-state index >= 15 is 0 Å². The fourth-order valence-corrected chi connectivity index (χ4v) is 14.6. The molecule has 0 N–H and O–H groups in total. The predicted octanol–water partition coefficient (Wildman–Crippen LogP) is 8.57. The lowest BCUT2D eigenvalue weighted by molar-refractivity contribution is -0.156. The summed E-state index contributed by atoms with van der Waals surface area (Å²) in [5.41, 5.74) is 3.78. The van der Waals surface area contributed by atoms with Crippen LogP contribution in [-0.2, 0) is 14.0 Å². The Morgan fingerprint density at radius 3 is 2.21 bits per heavy atom. The summed E-state index contributed by atoms with van der Waals surface area (Å²) in [5, 5.41) is 0. The van der Waals surface area contributed by atoms with Crippen LogP contribution in [0.5, 0.6) is 0 Å². The first kappa shape index (κ1) is 26.0. The number of hydrogen-bond acceptors (Lipinski definition) is 3. The molecule has 0 bridgehead atoms. The zero-order valence-electron chi connectivity index (χ0n) is 23.4. The van der Waals surface area contributed by atoms with Crippen molar-refractivity contribution in [1.29, 1.82) is 0 Å². The summed E-state index contributed by atoms with van der Waals surface area (Å²) < 4.78 is 13.0. The van der Waals surface area contributed by atoms with Crippen LogP contribution in [0.15, 0.2) is 23.5 Å². The van der Waals surface area contributed by atoms with Gasteiger partial charge in [-0.25, -0.2) is 0 Å². The minimum atomic E-state index is -1.92. The lowest BCUT2D eigenvalue weighted by Gasteiger charge is -2.57. The molecule has 0 radical (unpaired) electrons. The monoisotopic (exact) mass is 486 g/mol. The molecule has 0 aromatic heterocycles. The summed E-state index contributed by atoms with van der Waals surface area (Å²) in [6.07, 6.45) is 13.3. The van der Waals surface area contributed by atoms with Gasteiger partial charge in [-0.05, 0) is 90.0 Å². The molecule has 2 fully saturated rings. The molecule has 0 spiro atoms. The highest BCUT2D eigenvalue weighted by atomic mass is 28.4. The Hall–Kier alpha value is -1.03. The van der Waals surface area contributed by atoms with Gasteiger partial charge in [-0.15, -0.1) is 0 Å². The average molecular weight is 487 g/mol. The van der Waals surface area contributed by atoms with Crippen molar-refractivity contribution < 1.29 is 14.0 Å². The second-order valence-electron chi connectivity index (χ2n) is 13.4. The summed E-state index contributed by atoms with van der Waals surface area (Å²) in [6.45, 7) is 20.8.